The molecule has 5 rings (SSSR count). The quantitative estimate of drug-likeness (QED) is 0.177. The van der Waals surface area contributed by atoms with Crippen molar-refractivity contribution in [2.45, 2.75) is 71.0 Å². The van der Waals surface area contributed by atoms with E-state index in [1.54, 1.807) is 31.9 Å². The van der Waals surface area contributed by atoms with Gasteiger partial charge in [-0.15, -0.1) is 0 Å². The Balaban J connectivity index is 1.52. The molecule has 2 N–H and O–H groups in total. The lowest BCUT2D eigenvalue weighted by Crippen LogP contribution is -2.22. The predicted molar refractivity (Wildman–Crippen MR) is 154 cm³/mol. The molecule has 0 spiro atoms. The zero-order valence-corrected chi connectivity index (χ0v) is 23.9. The highest BCUT2D eigenvalue weighted by Gasteiger charge is 2.21. The van der Waals surface area contributed by atoms with Gasteiger partial charge in [0.25, 0.3) is 5.56 Å². The number of para-hydroxylation sites is 1. The van der Waals surface area contributed by atoms with Crippen LogP contribution in [0, 0.1) is 0 Å². The molecule has 0 aliphatic carbocycles. The van der Waals surface area contributed by atoms with Crippen LogP contribution in [-0.2, 0) is 27.4 Å². The van der Waals surface area contributed by atoms with Crippen molar-refractivity contribution in [3.8, 4) is 22.9 Å². The lowest BCUT2D eigenvalue weighted by molar-refractivity contribution is -0.168. The molecule has 3 heterocycles. The summed E-state index contributed by atoms with van der Waals surface area (Å²) in [6, 6.07) is 9.29. The second-order valence-corrected chi connectivity index (χ2v) is 10.3. The van der Waals surface area contributed by atoms with Gasteiger partial charge in [0.2, 0.25) is 5.88 Å². The first-order valence-electron chi connectivity index (χ1n) is 14.1. The van der Waals surface area contributed by atoms with Gasteiger partial charge >= 0.3 is 0 Å². The number of aryl methyl sites for hydroxylation is 1. The van der Waals surface area contributed by atoms with Gasteiger partial charge in [-0.05, 0) is 69.2 Å². The molecule has 0 radical (unpaired) electrons. The van der Waals surface area contributed by atoms with Crippen molar-refractivity contribution in [3.63, 3.8) is 0 Å². The van der Waals surface area contributed by atoms with Crippen molar-refractivity contribution in [2.75, 3.05) is 27.6 Å². The zero-order chi connectivity index (χ0) is 28.8. The van der Waals surface area contributed by atoms with E-state index in [1.165, 1.54) is 0 Å². The standard InChI is InChI=1S/C30H38N4O7/c1-19(35)9-4-6-13-34-30(36)22-11-8-10-21(26(22)33-34)27-29(38-3)31-23-15-20(17-40-25-12-5-7-14-39-25)16-24(28(23)32-27)41-18-37-2/h8,10-11,15-16,19,25,33,35H,4-7,9,12-14,17-18H2,1-3H3. The third-order valence-corrected chi connectivity index (χ3v) is 7.16. The van der Waals surface area contributed by atoms with E-state index in [0.717, 1.165) is 37.7 Å². The van der Waals surface area contributed by atoms with Crippen molar-refractivity contribution in [3.05, 3.63) is 46.2 Å². The van der Waals surface area contributed by atoms with Crippen molar-refractivity contribution in [1.29, 1.82) is 0 Å². The van der Waals surface area contributed by atoms with Gasteiger partial charge in [0.1, 0.15) is 11.2 Å². The van der Waals surface area contributed by atoms with Gasteiger partial charge in [-0.2, -0.15) is 0 Å². The number of nitrogens with zero attached hydrogens (tertiary/aromatic N) is 3. The Morgan fingerprint density at radius 1 is 1.20 bits per heavy atom. The average Bonchev–Trinajstić information content (AvgIpc) is 3.32. The molecule has 11 nitrogen and oxygen atoms in total. The Bertz CT molecular complexity index is 1530. The van der Waals surface area contributed by atoms with Crippen LogP contribution in [0.1, 0.15) is 51.0 Å². The average molecular weight is 567 g/mol. The molecule has 1 saturated heterocycles. The Labute approximate surface area is 238 Å². The molecule has 41 heavy (non-hydrogen) atoms. The summed E-state index contributed by atoms with van der Waals surface area (Å²) in [4.78, 5) is 22.9. The minimum Gasteiger partial charge on any atom is -0.479 e. The third kappa shape index (κ3) is 6.70. The predicted octanol–water partition coefficient (Wildman–Crippen LogP) is 4.53. The van der Waals surface area contributed by atoms with Crippen LogP contribution in [0.2, 0.25) is 0 Å². The maximum Gasteiger partial charge on any atom is 0.274 e. The Morgan fingerprint density at radius 3 is 2.83 bits per heavy atom. The number of fused-ring (bicyclic) bond motifs is 2. The first-order valence-corrected chi connectivity index (χ1v) is 14.1. The number of nitrogens with one attached hydrogen (secondary N) is 1. The summed E-state index contributed by atoms with van der Waals surface area (Å²) < 4.78 is 30.1. The molecule has 2 atom stereocenters. The fourth-order valence-electron chi connectivity index (χ4n) is 5.08. The summed E-state index contributed by atoms with van der Waals surface area (Å²) in [5.41, 5.74) is 3.69. The minimum atomic E-state index is -0.354. The maximum atomic E-state index is 13.2. The van der Waals surface area contributed by atoms with E-state index in [-0.39, 0.29) is 24.7 Å². The van der Waals surface area contributed by atoms with Crippen LogP contribution in [0.25, 0.3) is 33.2 Å². The summed E-state index contributed by atoms with van der Waals surface area (Å²) in [5, 5.41) is 13.4. The number of benzene rings is 2. The number of aliphatic hydroxyl groups excluding tert-OH is 1. The van der Waals surface area contributed by atoms with E-state index < -0.39 is 0 Å². The highest BCUT2D eigenvalue weighted by Crippen LogP contribution is 2.35. The molecule has 1 aliphatic rings. The Morgan fingerprint density at radius 2 is 2.07 bits per heavy atom. The summed E-state index contributed by atoms with van der Waals surface area (Å²) in [5.74, 6) is 0.821. The monoisotopic (exact) mass is 566 g/mol. The van der Waals surface area contributed by atoms with Crippen molar-refractivity contribution < 1.29 is 28.8 Å². The van der Waals surface area contributed by atoms with Gasteiger partial charge in [0.05, 0.1) is 36.2 Å². The molecule has 11 heteroatoms. The summed E-state index contributed by atoms with van der Waals surface area (Å²) in [6.07, 6.45) is 4.71. The number of hydrogen-bond donors (Lipinski definition) is 2. The number of unbranched alkanes of at least 4 members (excludes halogenated alkanes) is 1. The van der Waals surface area contributed by atoms with E-state index in [0.29, 0.717) is 71.0 Å². The first-order chi connectivity index (χ1) is 20.0. The smallest absolute Gasteiger partial charge is 0.274 e. The number of rotatable bonds is 13. The van der Waals surface area contributed by atoms with Crippen molar-refractivity contribution >= 4 is 21.9 Å². The zero-order valence-electron chi connectivity index (χ0n) is 23.9. The second-order valence-electron chi connectivity index (χ2n) is 10.3. The molecular weight excluding hydrogens is 528 g/mol. The van der Waals surface area contributed by atoms with Gasteiger partial charge in [0.15, 0.2) is 18.8 Å². The lowest BCUT2D eigenvalue weighted by atomic mass is 10.1. The molecule has 2 aromatic carbocycles. The molecule has 2 aromatic heterocycles. The van der Waals surface area contributed by atoms with Crippen molar-refractivity contribution in [1.82, 2.24) is 19.7 Å². The number of ether oxygens (including phenoxy) is 5. The molecule has 0 saturated carbocycles. The number of aromatic nitrogens is 4. The molecule has 1 fully saturated rings. The van der Waals surface area contributed by atoms with Crippen LogP contribution in [0.15, 0.2) is 35.1 Å². The number of aliphatic hydroxyl groups is 1. The Hall–Kier alpha value is -3.51. The van der Waals surface area contributed by atoms with Crippen LogP contribution >= 0.6 is 0 Å². The molecule has 4 aromatic rings. The normalized spacial score (nSPS) is 16.3. The fourth-order valence-corrected chi connectivity index (χ4v) is 5.08. The van der Waals surface area contributed by atoms with Crippen LogP contribution in [-0.4, -0.2) is 64.9 Å². The number of hydrogen-bond acceptors (Lipinski definition) is 9. The fraction of sp³-hybridized carbons (Fsp3) is 0.500. The minimum absolute atomic E-state index is 0.0367. The van der Waals surface area contributed by atoms with E-state index in [4.69, 9.17) is 33.7 Å². The van der Waals surface area contributed by atoms with Gasteiger partial charge in [-0.1, -0.05) is 12.1 Å². The number of aromatic amines is 1. The van der Waals surface area contributed by atoms with Crippen LogP contribution < -0.4 is 15.0 Å². The third-order valence-electron chi connectivity index (χ3n) is 7.16. The van der Waals surface area contributed by atoms with Crippen LogP contribution in [0.5, 0.6) is 11.6 Å². The van der Waals surface area contributed by atoms with E-state index >= 15 is 0 Å². The first kappa shape index (κ1) is 29.0. The van der Waals surface area contributed by atoms with E-state index in [2.05, 4.69) is 5.10 Å². The van der Waals surface area contributed by atoms with E-state index in [1.807, 2.05) is 24.3 Å². The summed E-state index contributed by atoms with van der Waals surface area (Å²) in [7, 11) is 3.10. The molecule has 2 unspecified atom stereocenters. The van der Waals surface area contributed by atoms with Gasteiger partial charge in [0, 0.05) is 25.8 Å². The largest absolute Gasteiger partial charge is 0.479 e. The molecule has 220 valence electrons. The SMILES string of the molecule is COCOc1cc(COC2CCCCO2)cc2nc(OC)c(-c3cccc4c(=O)n(CCCCC(C)O)[nH]c34)nc12. The lowest BCUT2D eigenvalue weighted by Gasteiger charge is -2.23. The van der Waals surface area contributed by atoms with Gasteiger partial charge < -0.3 is 28.8 Å². The second kappa shape index (κ2) is 13.4. The van der Waals surface area contributed by atoms with Crippen LogP contribution in [0.3, 0.4) is 0 Å². The highest BCUT2D eigenvalue weighted by atomic mass is 16.7. The number of methoxy groups -OCH3 is 2. The highest BCUT2D eigenvalue weighted by molar-refractivity contribution is 5.95. The van der Waals surface area contributed by atoms with Crippen LogP contribution in [0.4, 0.5) is 0 Å². The Kier molecular flexibility index (Phi) is 9.50. The topological polar surface area (TPSA) is 130 Å². The van der Waals surface area contributed by atoms with Crippen molar-refractivity contribution in [2.24, 2.45) is 0 Å². The van der Waals surface area contributed by atoms with E-state index in [9.17, 15) is 9.90 Å². The summed E-state index contributed by atoms with van der Waals surface area (Å²) in [6.45, 7) is 3.37. The molecule has 0 bridgehead atoms. The molecular formula is C30H38N4O7. The molecule has 0 amide bonds. The summed E-state index contributed by atoms with van der Waals surface area (Å²) >= 11 is 0. The molecule has 1 aliphatic heterocycles. The van der Waals surface area contributed by atoms with Gasteiger partial charge in [-0.25, -0.2) is 9.97 Å². The number of H-pyrrole nitrogens is 1. The van der Waals surface area contributed by atoms with Gasteiger partial charge in [-0.3, -0.25) is 14.6 Å². The maximum absolute atomic E-state index is 13.2.